The van der Waals surface area contributed by atoms with Crippen LogP contribution in [-0.4, -0.2) is 37.1 Å². The van der Waals surface area contributed by atoms with Crippen molar-refractivity contribution in [2.45, 2.75) is 46.1 Å². The van der Waals surface area contributed by atoms with Crippen molar-refractivity contribution in [3.8, 4) is 0 Å². The molecule has 0 N–H and O–H groups in total. The summed E-state index contributed by atoms with van der Waals surface area (Å²) in [5.74, 6) is -0.156. The van der Waals surface area contributed by atoms with Gasteiger partial charge in [0.25, 0.3) is 0 Å². The standard InChI is InChI=1S/C23H29NO2S2/c1-5-26-23(25)18-8-6-10-20(18)24(4)13-7-9-19(21-16(2)11-14-27-21)22-17(3)12-15-28-22/h8-9,11-12,14-15,20H,5-7,10,13H2,1-4H3. The predicted octanol–water partition coefficient (Wildman–Crippen LogP) is 5.83. The Balaban J connectivity index is 1.72. The number of esters is 1. The maximum Gasteiger partial charge on any atom is 0.335 e. The molecule has 0 aromatic carbocycles. The first-order valence-electron chi connectivity index (χ1n) is 9.89. The molecule has 2 aromatic heterocycles. The van der Waals surface area contributed by atoms with E-state index in [-0.39, 0.29) is 12.0 Å². The van der Waals surface area contributed by atoms with Gasteiger partial charge in [-0.05, 0) is 81.1 Å². The van der Waals surface area contributed by atoms with Crippen LogP contribution in [0.4, 0.5) is 0 Å². The van der Waals surface area contributed by atoms with Gasteiger partial charge in [-0.3, -0.25) is 4.90 Å². The summed E-state index contributed by atoms with van der Waals surface area (Å²) in [4.78, 5) is 17.2. The fourth-order valence-electron chi connectivity index (χ4n) is 3.73. The number of ether oxygens (including phenoxy) is 1. The van der Waals surface area contributed by atoms with E-state index in [1.165, 1.54) is 26.5 Å². The van der Waals surface area contributed by atoms with Crippen molar-refractivity contribution in [1.82, 2.24) is 4.90 Å². The summed E-state index contributed by atoms with van der Waals surface area (Å²) in [6, 6.07) is 4.55. The molecule has 1 aliphatic rings. The largest absolute Gasteiger partial charge is 0.463 e. The van der Waals surface area contributed by atoms with Crippen LogP contribution in [0.3, 0.4) is 0 Å². The molecule has 2 aromatic rings. The Morgan fingerprint density at radius 2 is 1.86 bits per heavy atom. The number of nitrogens with zero attached hydrogens (tertiary/aromatic N) is 1. The first-order chi connectivity index (χ1) is 13.5. The highest BCUT2D eigenvalue weighted by molar-refractivity contribution is 7.14. The Labute approximate surface area is 176 Å². The van der Waals surface area contributed by atoms with Crippen LogP contribution in [0.1, 0.15) is 47.1 Å². The van der Waals surface area contributed by atoms with E-state index < -0.39 is 0 Å². The van der Waals surface area contributed by atoms with Crippen LogP contribution in [0.2, 0.25) is 0 Å². The van der Waals surface area contributed by atoms with E-state index in [0.29, 0.717) is 6.61 Å². The Morgan fingerprint density at radius 1 is 1.21 bits per heavy atom. The molecule has 0 radical (unpaired) electrons. The fraction of sp³-hybridized carbons (Fsp3) is 0.435. The number of hydrogen-bond donors (Lipinski definition) is 0. The normalized spacial score (nSPS) is 16.3. The van der Waals surface area contributed by atoms with Crippen molar-refractivity contribution in [1.29, 1.82) is 0 Å². The van der Waals surface area contributed by atoms with Gasteiger partial charge in [0, 0.05) is 27.9 Å². The molecule has 5 heteroatoms. The smallest absolute Gasteiger partial charge is 0.335 e. The highest BCUT2D eigenvalue weighted by Gasteiger charge is 2.28. The van der Waals surface area contributed by atoms with Gasteiger partial charge in [0.15, 0.2) is 0 Å². The van der Waals surface area contributed by atoms with Crippen molar-refractivity contribution in [3.63, 3.8) is 0 Å². The van der Waals surface area contributed by atoms with E-state index in [1.807, 2.05) is 35.7 Å². The molecule has 1 unspecified atom stereocenters. The van der Waals surface area contributed by atoms with E-state index in [1.54, 1.807) is 0 Å². The van der Waals surface area contributed by atoms with Crippen LogP contribution >= 0.6 is 22.7 Å². The summed E-state index contributed by atoms with van der Waals surface area (Å²) >= 11 is 3.63. The highest BCUT2D eigenvalue weighted by atomic mass is 32.1. The number of hydrogen-bond acceptors (Lipinski definition) is 5. The lowest BCUT2D eigenvalue weighted by Gasteiger charge is -2.25. The third-order valence-corrected chi connectivity index (χ3v) is 7.35. The summed E-state index contributed by atoms with van der Waals surface area (Å²) in [7, 11) is 2.11. The number of allylic oxidation sites excluding steroid dienone is 1. The minimum atomic E-state index is -0.156. The Hall–Kier alpha value is -1.69. The molecule has 3 nitrogen and oxygen atoms in total. The molecule has 0 saturated carbocycles. The second-order valence-corrected chi connectivity index (χ2v) is 9.06. The Morgan fingerprint density at radius 3 is 2.39 bits per heavy atom. The van der Waals surface area contributed by atoms with Gasteiger partial charge in [0.1, 0.15) is 0 Å². The van der Waals surface area contributed by atoms with Gasteiger partial charge in [-0.25, -0.2) is 4.79 Å². The zero-order chi connectivity index (χ0) is 20.1. The molecule has 150 valence electrons. The quantitative estimate of drug-likeness (QED) is 0.508. The number of carbonyl (C=O) groups is 1. The lowest BCUT2D eigenvalue weighted by atomic mass is 10.0. The molecule has 0 bridgehead atoms. The third kappa shape index (κ3) is 4.65. The van der Waals surface area contributed by atoms with Crippen molar-refractivity contribution in [2.75, 3.05) is 20.2 Å². The number of thiophene rings is 2. The minimum Gasteiger partial charge on any atom is -0.463 e. The van der Waals surface area contributed by atoms with Crippen LogP contribution in [0.25, 0.3) is 5.57 Å². The fourth-order valence-corrected chi connectivity index (χ4v) is 5.75. The topological polar surface area (TPSA) is 29.5 Å². The van der Waals surface area contributed by atoms with Crippen LogP contribution in [0.5, 0.6) is 0 Å². The van der Waals surface area contributed by atoms with Gasteiger partial charge in [0.2, 0.25) is 0 Å². The molecule has 28 heavy (non-hydrogen) atoms. The van der Waals surface area contributed by atoms with Crippen LogP contribution < -0.4 is 0 Å². The molecule has 0 spiro atoms. The Bertz CT molecular complexity index is 833. The zero-order valence-corrected chi connectivity index (χ0v) is 18.8. The van der Waals surface area contributed by atoms with Gasteiger partial charge in [-0.15, -0.1) is 22.7 Å². The summed E-state index contributed by atoms with van der Waals surface area (Å²) in [6.45, 7) is 7.57. The first kappa shape index (κ1) is 21.0. The maximum atomic E-state index is 12.2. The van der Waals surface area contributed by atoms with Crippen LogP contribution in [0.15, 0.2) is 40.6 Å². The average Bonchev–Trinajstić information content (AvgIpc) is 3.40. The third-order valence-electron chi connectivity index (χ3n) is 5.25. The van der Waals surface area contributed by atoms with Gasteiger partial charge < -0.3 is 4.74 Å². The zero-order valence-electron chi connectivity index (χ0n) is 17.2. The van der Waals surface area contributed by atoms with E-state index in [0.717, 1.165) is 31.4 Å². The minimum absolute atomic E-state index is 0.156. The molecule has 3 rings (SSSR count). The van der Waals surface area contributed by atoms with Crippen molar-refractivity contribution < 1.29 is 9.53 Å². The molecule has 1 aliphatic carbocycles. The second kappa shape index (κ2) is 9.68. The SMILES string of the molecule is CCOC(=O)C1=CCCC1N(C)CCC=C(c1sccc1C)c1sccc1C. The molecule has 2 heterocycles. The van der Waals surface area contributed by atoms with Gasteiger partial charge >= 0.3 is 5.97 Å². The van der Waals surface area contributed by atoms with Crippen molar-refractivity contribution in [2.24, 2.45) is 0 Å². The number of likely N-dealkylation sites (N-methyl/N-ethyl adjacent to an activating group) is 1. The summed E-state index contributed by atoms with van der Waals surface area (Å²) < 4.78 is 5.23. The summed E-state index contributed by atoms with van der Waals surface area (Å²) in [5.41, 5.74) is 4.85. The van der Waals surface area contributed by atoms with E-state index in [2.05, 4.69) is 54.8 Å². The lowest BCUT2D eigenvalue weighted by Crippen LogP contribution is -2.35. The predicted molar refractivity (Wildman–Crippen MR) is 120 cm³/mol. The Kier molecular flexibility index (Phi) is 7.27. The van der Waals surface area contributed by atoms with Gasteiger partial charge in [0.05, 0.1) is 12.2 Å². The number of rotatable bonds is 8. The number of carbonyl (C=O) groups excluding carboxylic acids is 1. The summed E-state index contributed by atoms with van der Waals surface area (Å²) in [6.07, 6.45) is 7.32. The number of aryl methyl sites for hydroxylation is 2. The lowest BCUT2D eigenvalue weighted by molar-refractivity contribution is -0.139. The van der Waals surface area contributed by atoms with E-state index >= 15 is 0 Å². The molecular formula is C23H29NO2S2. The highest BCUT2D eigenvalue weighted by Crippen LogP contribution is 2.35. The van der Waals surface area contributed by atoms with Crippen LogP contribution in [-0.2, 0) is 9.53 Å². The molecule has 0 aliphatic heterocycles. The molecule has 1 atom stereocenters. The van der Waals surface area contributed by atoms with Gasteiger partial charge in [-0.2, -0.15) is 0 Å². The van der Waals surface area contributed by atoms with E-state index in [4.69, 9.17) is 4.74 Å². The maximum absolute atomic E-state index is 12.2. The molecular weight excluding hydrogens is 386 g/mol. The van der Waals surface area contributed by atoms with E-state index in [9.17, 15) is 4.79 Å². The molecule has 0 fully saturated rings. The summed E-state index contributed by atoms with van der Waals surface area (Å²) in [5, 5.41) is 4.34. The van der Waals surface area contributed by atoms with Crippen molar-refractivity contribution in [3.05, 3.63) is 61.5 Å². The molecule has 0 saturated heterocycles. The molecule has 0 amide bonds. The average molecular weight is 416 g/mol. The monoisotopic (exact) mass is 415 g/mol. The van der Waals surface area contributed by atoms with Crippen molar-refractivity contribution >= 4 is 34.2 Å². The second-order valence-electron chi connectivity index (χ2n) is 7.23. The van der Waals surface area contributed by atoms with Gasteiger partial charge in [-0.1, -0.05) is 12.2 Å². The first-order valence-corrected chi connectivity index (χ1v) is 11.6. The van der Waals surface area contributed by atoms with Crippen LogP contribution in [0, 0.1) is 13.8 Å².